The van der Waals surface area contributed by atoms with E-state index < -0.39 is 0 Å². The van der Waals surface area contributed by atoms with E-state index in [1.807, 2.05) is 28.9 Å². The number of anilines is 1. The molecular formula is C19H23N5O3. The topological polar surface area (TPSA) is 85.5 Å². The normalized spacial score (nSPS) is 14.8. The third-order valence-corrected chi connectivity index (χ3v) is 4.67. The van der Waals surface area contributed by atoms with Crippen molar-refractivity contribution >= 4 is 17.0 Å². The molecule has 0 unspecified atom stereocenters. The zero-order chi connectivity index (χ0) is 18.6. The average Bonchev–Trinajstić information content (AvgIpc) is 3.15. The molecule has 3 aromatic rings. The number of aliphatic hydroxyl groups is 1. The first-order chi connectivity index (χ1) is 13.3. The molecule has 0 aliphatic carbocycles. The number of aliphatic hydroxyl groups excluding tert-OH is 1. The molecule has 0 radical (unpaired) electrons. The smallest absolute Gasteiger partial charge is 0.228 e. The number of benzene rings is 1. The lowest BCUT2D eigenvalue weighted by molar-refractivity contribution is 0.122. The lowest BCUT2D eigenvalue weighted by Crippen LogP contribution is -2.37. The van der Waals surface area contributed by atoms with Crippen molar-refractivity contribution in [2.75, 3.05) is 44.9 Å². The fourth-order valence-corrected chi connectivity index (χ4v) is 3.23. The van der Waals surface area contributed by atoms with E-state index in [2.05, 4.69) is 10.00 Å². The molecule has 2 aromatic heterocycles. The van der Waals surface area contributed by atoms with Crippen molar-refractivity contribution in [1.82, 2.24) is 19.7 Å². The second-order valence-corrected chi connectivity index (χ2v) is 6.43. The molecule has 1 fully saturated rings. The van der Waals surface area contributed by atoms with Crippen LogP contribution in [0.3, 0.4) is 0 Å². The Morgan fingerprint density at radius 2 is 2.07 bits per heavy atom. The maximum Gasteiger partial charge on any atom is 0.228 e. The second kappa shape index (κ2) is 7.99. The van der Waals surface area contributed by atoms with Gasteiger partial charge >= 0.3 is 0 Å². The van der Waals surface area contributed by atoms with Crippen LogP contribution in [-0.2, 0) is 22.6 Å². The summed E-state index contributed by atoms with van der Waals surface area (Å²) < 4.78 is 12.5. The van der Waals surface area contributed by atoms with Gasteiger partial charge in [0.1, 0.15) is 0 Å². The molecule has 8 heteroatoms. The van der Waals surface area contributed by atoms with Gasteiger partial charge in [0.15, 0.2) is 5.65 Å². The zero-order valence-electron chi connectivity index (χ0n) is 15.3. The Morgan fingerprint density at radius 3 is 2.85 bits per heavy atom. The summed E-state index contributed by atoms with van der Waals surface area (Å²) in [5.74, 6) is 0.675. The monoisotopic (exact) mass is 369 g/mol. The highest BCUT2D eigenvalue weighted by atomic mass is 16.5. The molecule has 27 heavy (non-hydrogen) atoms. The Bertz CT molecular complexity index is 921. The summed E-state index contributed by atoms with van der Waals surface area (Å²) in [5.41, 5.74) is 3.39. The predicted octanol–water partition coefficient (Wildman–Crippen LogP) is 1.47. The summed E-state index contributed by atoms with van der Waals surface area (Å²) in [4.78, 5) is 11.8. The molecule has 3 heterocycles. The van der Waals surface area contributed by atoms with Crippen LogP contribution >= 0.6 is 0 Å². The average molecular weight is 369 g/mol. The summed E-state index contributed by atoms with van der Waals surface area (Å²) in [6.07, 6.45) is 1.80. The number of fused-ring (bicyclic) bond motifs is 1. The Kier molecular flexibility index (Phi) is 5.28. The Hall–Kier alpha value is -2.55. The molecule has 142 valence electrons. The number of morpholine rings is 1. The summed E-state index contributed by atoms with van der Waals surface area (Å²) in [6, 6.07) is 7.78. The fourth-order valence-electron chi connectivity index (χ4n) is 3.23. The molecule has 0 bridgehead atoms. The summed E-state index contributed by atoms with van der Waals surface area (Å²) in [6.45, 7) is 4.02. The lowest BCUT2D eigenvalue weighted by Gasteiger charge is -2.27. The van der Waals surface area contributed by atoms with E-state index in [-0.39, 0.29) is 6.61 Å². The Balaban J connectivity index is 1.85. The van der Waals surface area contributed by atoms with Crippen molar-refractivity contribution in [3.05, 3.63) is 36.0 Å². The highest BCUT2D eigenvalue weighted by molar-refractivity contribution is 5.91. The van der Waals surface area contributed by atoms with Crippen LogP contribution in [0.15, 0.2) is 30.5 Å². The molecule has 0 atom stereocenters. The third kappa shape index (κ3) is 3.64. The van der Waals surface area contributed by atoms with Crippen molar-refractivity contribution in [1.29, 1.82) is 0 Å². The van der Waals surface area contributed by atoms with Gasteiger partial charge in [0.2, 0.25) is 5.95 Å². The van der Waals surface area contributed by atoms with Crippen molar-refractivity contribution in [3.8, 4) is 11.3 Å². The first-order valence-electron chi connectivity index (χ1n) is 9.05. The van der Waals surface area contributed by atoms with Crippen LogP contribution in [0.4, 0.5) is 5.95 Å². The predicted molar refractivity (Wildman–Crippen MR) is 102 cm³/mol. The van der Waals surface area contributed by atoms with E-state index in [1.165, 1.54) is 0 Å². The summed E-state index contributed by atoms with van der Waals surface area (Å²) in [5, 5.41) is 14.9. The van der Waals surface area contributed by atoms with Gasteiger partial charge in [-0.25, -0.2) is 9.67 Å². The SMILES string of the molecule is COCCn1ncc2c(-c3cccc(CO)c3)nc(N3CCOCC3)nc21. The minimum absolute atomic E-state index is 0.00844. The molecule has 1 aromatic carbocycles. The number of nitrogens with zero attached hydrogens (tertiary/aromatic N) is 5. The van der Waals surface area contributed by atoms with E-state index in [0.29, 0.717) is 32.3 Å². The van der Waals surface area contributed by atoms with Gasteiger partial charge in [-0.2, -0.15) is 10.1 Å². The van der Waals surface area contributed by atoms with Gasteiger partial charge < -0.3 is 19.5 Å². The number of hydrogen-bond donors (Lipinski definition) is 1. The molecule has 0 amide bonds. The Morgan fingerprint density at radius 1 is 1.22 bits per heavy atom. The van der Waals surface area contributed by atoms with Crippen LogP contribution in [0, 0.1) is 0 Å². The number of aromatic nitrogens is 4. The molecule has 1 N–H and O–H groups in total. The van der Waals surface area contributed by atoms with Gasteiger partial charge in [-0.05, 0) is 11.6 Å². The van der Waals surface area contributed by atoms with Gasteiger partial charge in [-0.3, -0.25) is 0 Å². The fraction of sp³-hybridized carbons (Fsp3) is 0.421. The highest BCUT2D eigenvalue weighted by Gasteiger charge is 2.20. The van der Waals surface area contributed by atoms with E-state index in [1.54, 1.807) is 13.3 Å². The molecule has 0 spiro atoms. The van der Waals surface area contributed by atoms with Crippen LogP contribution in [0.2, 0.25) is 0 Å². The van der Waals surface area contributed by atoms with E-state index >= 15 is 0 Å². The summed E-state index contributed by atoms with van der Waals surface area (Å²) in [7, 11) is 1.67. The van der Waals surface area contributed by atoms with Crippen LogP contribution in [0.25, 0.3) is 22.3 Å². The first-order valence-corrected chi connectivity index (χ1v) is 9.05. The minimum atomic E-state index is -0.00844. The molecular weight excluding hydrogens is 346 g/mol. The van der Waals surface area contributed by atoms with Crippen LogP contribution in [0.1, 0.15) is 5.56 Å². The minimum Gasteiger partial charge on any atom is -0.392 e. The van der Waals surface area contributed by atoms with Crippen LogP contribution in [0.5, 0.6) is 0 Å². The standard InChI is InChI=1S/C19H23N5O3/c1-26-8-7-24-18-16(12-20-24)17(15-4-2-3-14(11-15)13-25)21-19(22-18)23-5-9-27-10-6-23/h2-4,11-12,25H,5-10,13H2,1H3. The van der Waals surface area contributed by atoms with Gasteiger partial charge in [-0.15, -0.1) is 0 Å². The molecule has 8 nitrogen and oxygen atoms in total. The molecule has 1 saturated heterocycles. The van der Waals surface area contributed by atoms with E-state index in [9.17, 15) is 5.11 Å². The van der Waals surface area contributed by atoms with Gasteiger partial charge in [0, 0.05) is 25.8 Å². The zero-order valence-corrected chi connectivity index (χ0v) is 15.3. The lowest BCUT2D eigenvalue weighted by atomic mass is 10.1. The van der Waals surface area contributed by atoms with E-state index in [4.69, 9.17) is 19.4 Å². The molecule has 4 rings (SSSR count). The quantitative estimate of drug-likeness (QED) is 0.704. The number of ether oxygens (including phenoxy) is 2. The number of rotatable bonds is 6. The Labute approximate surface area is 157 Å². The molecule has 1 aliphatic rings. The third-order valence-electron chi connectivity index (χ3n) is 4.67. The summed E-state index contributed by atoms with van der Waals surface area (Å²) >= 11 is 0. The first kappa shape index (κ1) is 17.8. The van der Waals surface area contributed by atoms with Crippen molar-refractivity contribution < 1.29 is 14.6 Å². The van der Waals surface area contributed by atoms with E-state index in [0.717, 1.165) is 40.9 Å². The second-order valence-electron chi connectivity index (χ2n) is 6.43. The van der Waals surface area contributed by atoms with Crippen molar-refractivity contribution in [3.63, 3.8) is 0 Å². The number of methoxy groups -OCH3 is 1. The largest absolute Gasteiger partial charge is 0.392 e. The maximum atomic E-state index is 9.50. The van der Waals surface area contributed by atoms with Crippen molar-refractivity contribution in [2.45, 2.75) is 13.2 Å². The highest BCUT2D eigenvalue weighted by Crippen LogP contribution is 2.29. The van der Waals surface area contributed by atoms with Gasteiger partial charge in [-0.1, -0.05) is 18.2 Å². The maximum absolute atomic E-state index is 9.50. The van der Waals surface area contributed by atoms with Crippen LogP contribution < -0.4 is 4.90 Å². The van der Waals surface area contributed by atoms with Gasteiger partial charge in [0.25, 0.3) is 0 Å². The van der Waals surface area contributed by atoms with Crippen molar-refractivity contribution in [2.24, 2.45) is 0 Å². The molecule has 1 aliphatic heterocycles. The van der Waals surface area contributed by atoms with Gasteiger partial charge in [0.05, 0.1) is 50.2 Å². The molecule has 0 saturated carbocycles. The number of hydrogen-bond acceptors (Lipinski definition) is 7. The van der Waals surface area contributed by atoms with Crippen LogP contribution in [-0.4, -0.2) is 64.9 Å².